The summed E-state index contributed by atoms with van der Waals surface area (Å²) in [6, 6.07) is 82.6. The van der Waals surface area contributed by atoms with E-state index in [0.29, 0.717) is 0 Å². The van der Waals surface area contributed by atoms with Crippen molar-refractivity contribution >= 4 is 65.8 Å². The zero-order chi connectivity index (χ0) is 42.9. The van der Waals surface area contributed by atoms with Crippen molar-refractivity contribution in [3.63, 3.8) is 0 Å². The number of pyridine rings is 1. The topological polar surface area (TPSA) is 28.6 Å². The molecular weight excluding hydrogens is 811 g/mol. The third-order valence-electron chi connectivity index (χ3n) is 13.2. The van der Waals surface area contributed by atoms with Crippen LogP contribution >= 0.6 is 11.3 Å². The lowest BCUT2D eigenvalue weighted by atomic mass is 9.66. The molecule has 3 heterocycles. The van der Waals surface area contributed by atoms with Crippen LogP contribution in [0.15, 0.2) is 237 Å². The average Bonchev–Trinajstić information content (AvgIpc) is 3.89. The van der Waals surface area contributed by atoms with Gasteiger partial charge in [0.05, 0.1) is 11.1 Å². The van der Waals surface area contributed by atoms with Crippen LogP contribution < -0.4 is 14.5 Å². The SMILES string of the molecule is c1ccc(N(c2ccccc2)c2ccc(-c3ccc(N(c4ccc5c(c4)Oc4ccccc4C54c5ccccc5-c5ccccc54)c4ccc5sc6ccccc6c5c4)nc3)cc2)cc1. The Labute approximate surface area is 381 Å². The number of anilines is 6. The molecular formula is C60H39N3OS. The van der Waals surface area contributed by atoms with E-state index in [1.165, 1.54) is 42.4 Å². The first-order valence-corrected chi connectivity index (χ1v) is 22.8. The molecule has 11 aromatic rings. The minimum Gasteiger partial charge on any atom is -0.457 e. The Kier molecular flexibility index (Phi) is 8.58. The summed E-state index contributed by atoms with van der Waals surface area (Å²) in [5.74, 6) is 2.51. The summed E-state index contributed by atoms with van der Waals surface area (Å²) in [4.78, 5) is 9.80. The Morgan fingerprint density at radius 3 is 1.62 bits per heavy atom. The number of nitrogens with zero attached hydrogens (tertiary/aromatic N) is 3. The summed E-state index contributed by atoms with van der Waals surface area (Å²) in [7, 11) is 0. The van der Waals surface area contributed by atoms with E-state index in [9.17, 15) is 0 Å². The summed E-state index contributed by atoms with van der Waals surface area (Å²) < 4.78 is 9.51. The second-order valence-corrected chi connectivity index (χ2v) is 17.8. The monoisotopic (exact) mass is 849 g/mol. The highest BCUT2D eigenvalue weighted by Gasteiger charge is 2.51. The maximum atomic E-state index is 6.98. The van der Waals surface area contributed by atoms with E-state index in [1.54, 1.807) is 0 Å². The first kappa shape index (κ1) is 37.3. The molecule has 0 saturated heterocycles. The van der Waals surface area contributed by atoms with Gasteiger partial charge in [-0.3, -0.25) is 4.90 Å². The number of fused-ring (bicyclic) bond motifs is 12. The Bertz CT molecular complexity index is 3500. The molecule has 0 saturated carbocycles. The average molecular weight is 850 g/mol. The maximum absolute atomic E-state index is 6.98. The summed E-state index contributed by atoms with van der Waals surface area (Å²) in [6.45, 7) is 0. The Balaban J connectivity index is 0.936. The first-order valence-electron chi connectivity index (χ1n) is 22.0. The number of hydrogen-bond acceptors (Lipinski definition) is 5. The van der Waals surface area contributed by atoms with Gasteiger partial charge in [0, 0.05) is 71.9 Å². The van der Waals surface area contributed by atoms with E-state index in [1.807, 2.05) is 17.5 Å². The highest BCUT2D eigenvalue weighted by Crippen LogP contribution is 2.62. The number of thiophene rings is 1. The van der Waals surface area contributed by atoms with Crippen molar-refractivity contribution < 1.29 is 4.74 Å². The Hall–Kier alpha value is -8.25. The van der Waals surface area contributed by atoms with Gasteiger partial charge in [0.15, 0.2) is 0 Å². The van der Waals surface area contributed by atoms with Crippen molar-refractivity contribution in [3.05, 3.63) is 259 Å². The highest BCUT2D eigenvalue weighted by molar-refractivity contribution is 7.25. The van der Waals surface area contributed by atoms with Crippen molar-refractivity contribution in [2.75, 3.05) is 9.80 Å². The van der Waals surface area contributed by atoms with E-state index in [4.69, 9.17) is 9.72 Å². The van der Waals surface area contributed by atoms with Crippen LogP contribution in [0.2, 0.25) is 0 Å². The van der Waals surface area contributed by atoms with E-state index < -0.39 is 5.41 Å². The van der Waals surface area contributed by atoms with Gasteiger partial charge >= 0.3 is 0 Å². The molecule has 0 N–H and O–H groups in total. The van der Waals surface area contributed by atoms with Crippen LogP contribution in [0.25, 0.3) is 42.4 Å². The fourth-order valence-corrected chi connectivity index (χ4v) is 11.4. The van der Waals surface area contributed by atoms with Crippen LogP contribution in [0, 0.1) is 0 Å². The van der Waals surface area contributed by atoms with Gasteiger partial charge < -0.3 is 9.64 Å². The van der Waals surface area contributed by atoms with E-state index >= 15 is 0 Å². The fraction of sp³-hybridized carbons (Fsp3) is 0.0167. The lowest BCUT2D eigenvalue weighted by molar-refractivity contribution is 0.436. The summed E-state index contributed by atoms with van der Waals surface area (Å²) in [5.41, 5.74) is 14.2. The second-order valence-electron chi connectivity index (χ2n) is 16.7. The summed E-state index contributed by atoms with van der Waals surface area (Å²) in [5, 5.41) is 2.48. The first-order chi connectivity index (χ1) is 32.2. The molecule has 0 atom stereocenters. The lowest BCUT2D eigenvalue weighted by Crippen LogP contribution is -2.32. The quantitative estimate of drug-likeness (QED) is 0.160. The number of aromatic nitrogens is 1. The third-order valence-corrected chi connectivity index (χ3v) is 14.3. The number of rotatable bonds is 7. The van der Waals surface area contributed by atoms with Gasteiger partial charge in [-0.2, -0.15) is 0 Å². The molecule has 0 unspecified atom stereocenters. The van der Waals surface area contributed by atoms with E-state index in [2.05, 4.69) is 240 Å². The van der Waals surface area contributed by atoms with Crippen molar-refractivity contribution in [1.82, 2.24) is 4.98 Å². The van der Waals surface area contributed by atoms with E-state index in [-0.39, 0.29) is 0 Å². The molecule has 0 amide bonds. The van der Waals surface area contributed by atoms with Crippen LogP contribution in [0.3, 0.4) is 0 Å². The predicted octanol–water partition coefficient (Wildman–Crippen LogP) is 16.5. The highest BCUT2D eigenvalue weighted by atomic mass is 32.1. The largest absolute Gasteiger partial charge is 0.457 e. The van der Waals surface area contributed by atoms with Crippen molar-refractivity contribution in [1.29, 1.82) is 0 Å². The number of benzene rings is 9. The van der Waals surface area contributed by atoms with Crippen LogP contribution in [-0.4, -0.2) is 4.98 Å². The molecule has 1 spiro atoms. The lowest BCUT2D eigenvalue weighted by Gasteiger charge is -2.39. The molecule has 4 nitrogen and oxygen atoms in total. The Morgan fingerprint density at radius 2 is 0.908 bits per heavy atom. The number of ether oxygens (including phenoxy) is 1. The molecule has 1 aliphatic heterocycles. The van der Waals surface area contributed by atoms with Crippen LogP contribution in [0.5, 0.6) is 11.5 Å². The van der Waals surface area contributed by atoms with Crippen molar-refractivity contribution in [2.45, 2.75) is 5.41 Å². The Morgan fingerprint density at radius 1 is 0.369 bits per heavy atom. The summed E-state index contributed by atoms with van der Waals surface area (Å²) in [6.07, 6.45) is 1.99. The standard InChI is InChI=1S/C60H39N3OS/c1-3-15-42(16-4-1)62(43-17-5-2-6-18-43)44-30-27-40(28-31-44)41-29-36-59(61-39-41)63(45-33-35-58-50(37-45)49-21-9-14-26-57(49)65-58)46-32-34-54-56(38-46)64-55-25-13-12-24-53(55)60(54)51-22-10-7-19-47(51)48-20-8-11-23-52(48)60/h1-39H. The minimum atomic E-state index is -0.538. The van der Waals surface area contributed by atoms with Crippen molar-refractivity contribution in [2.24, 2.45) is 0 Å². The van der Waals surface area contributed by atoms with Gasteiger partial charge in [0.1, 0.15) is 17.3 Å². The van der Waals surface area contributed by atoms with E-state index in [0.717, 1.165) is 68.0 Å². The van der Waals surface area contributed by atoms with Crippen LogP contribution in [0.4, 0.5) is 34.3 Å². The third kappa shape index (κ3) is 5.86. The zero-order valence-electron chi connectivity index (χ0n) is 35.2. The van der Waals surface area contributed by atoms with Gasteiger partial charge in [0.25, 0.3) is 0 Å². The molecule has 65 heavy (non-hydrogen) atoms. The van der Waals surface area contributed by atoms with Crippen molar-refractivity contribution in [3.8, 4) is 33.8 Å². The van der Waals surface area contributed by atoms with Gasteiger partial charge in [-0.05, 0) is 113 Å². The zero-order valence-corrected chi connectivity index (χ0v) is 36.0. The molecule has 0 radical (unpaired) electrons. The van der Waals surface area contributed by atoms with Crippen LogP contribution in [0.1, 0.15) is 22.3 Å². The predicted molar refractivity (Wildman–Crippen MR) is 269 cm³/mol. The minimum absolute atomic E-state index is 0.538. The molecule has 1 aliphatic carbocycles. The molecule has 306 valence electrons. The van der Waals surface area contributed by atoms with Gasteiger partial charge in [-0.1, -0.05) is 140 Å². The molecule has 13 rings (SSSR count). The molecule has 5 heteroatoms. The smallest absolute Gasteiger partial charge is 0.137 e. The number of para-hydroxylation sites is 3. The second kappa shape index (κ2) is 14.9. The normalized spacial score (nSPS) is 12.9. The van der Waals surface area contributed by atoms with Gasteiger partial charge in [0.2, 0.25) is 0 Å². The molecule has 2 aromatic heterocycles. The fourth-order valence-electron chi connectivity index (χ4n) is 10.3. The molecule has 9 aromatic carbocycles. The molecule has 2 aliphatic rings. The van der Waals surface area contributed by atoms with Gasteiger partial charge in [-0.25, -0.2) is 4.98 Å². The van der Waals surface area contributed by atoms with Crippen LogP contribution in [-0.2, 0) is 5.41 Å². The maximum Gasteiger partial charge on any atom is 0.137 e. The molecule has 0 bridgehead atoms. The molecule has 0 fully saturated rings. The van der Waals surface area contributed by atoms with Gasteiger partial charge in [-0.15, -0.1) is 11.3 Å². The summed E-state index contributed by atoms with van der Waals surface area (Å²) >= 11 is 1.83. The number of hydrogen-bond donors (Lipinski definition) is 0.